The zero-order chi connectivity index (χ0) is 24.0. The molecule has 4 aromatic rings. The van der Waals surface area contributed by atoms with E-state index in [4.69, 9.17) is 11.6 Å². The third kappa shape index (κ3) is 3.81. The fraction of sp³-hybridized carbons (Fsp3) is 0.192. The van der Waals surface area contributed by atoms with Gasteiger partial charge in [-0.05, 0) is 41.3 Å². The largest absolute Gasteiger partial charge is 0.337 e. The smallest absolute Gasteiger partial charge is 0.337 e. The van der Waals surface area contributed by atoms with E-state index in [0.717, 1.165) is 21.6 Å². The van der Waals surface area contributed by atoms with Crippen LogP contribution in [0.15, 0.2) is 64.7 Å². The average molecular weight is 492 g/mol. The summed E-state index contributed by atoms with van der Waals surface area (Å²) < 4.78 is 2.86. The number of thiophene rings is 1. The van der Waals surface area contributed by atoms with E-state index in [2.05, 4.69) is 6.58 Å². The maximum atomic E-state index is 13.7. The molecule has 2 aromatic heterocycles. The number of nitrogens with zero attached hydrogens (tertiary/aromatic N) is 3. The lowest BCUT2D eigenvalue weighted by Crippen LogP contribution is -2.39. The molecule has 5 rings (SSSR count). The van der Waals surface area contributed by atoms with Gasteiger partial charge in [-0.3, -0.25) is 14.2 Å². The molecule has 0 saturated heterocycles. The van der Waals surface area contributed by atoms with Gasteiger partial charge in [0.15, 0.2) is 0 Å². The summed E-state index contributed by atoms with van der Waals surface area (Å²) in [5.74, 6) is -0.000793. The predicted octanol–water partition coefficient (Wildman–Crippen LogP) is 4.46. The van der Waals surface area contributed by atoms with Crippen LogP contribution in [0.4, 0.5) is 0 Å². The van der Waals surface area contributed by atoms with Gasteiger partial charge in [0, 0.05) is 23.4 Å². The Bertz CT molecular complexity index is 1560. The Morgan fingerprint density at radius 3 is 2.62 bits per heavy atom. The Morgan fingerprint density at radius 2 is 1.94 bits per heavy atom. The summed E-state index contributed by atoms with van der Waals surface area (Å²) >= 11 is 7.61. The highest BCUT2D eigenvalue weighted by Gasteiger charge is 2.27. The fourth-order valence-electron chi connectivity index (χ4n) is 4.40. The van der Waals surface area contributed by atoms with Crippen LogP contribution >= 0.6 is 22.9 Å². The van der Waals surface area contributed by atoms with Crippen LogP contribution in [-0.4, -0.2) is 26.5 Å². The molecule has 0 unspecified atom stereocenters. The molecule has 1 aliphatic rings. The molecule has 34 heavy (non-hydrogen) atoms. The van der Waals surface area contributed by atoms with Crippen LogP contribution in [0.3, 0.4) is 0 Å². The molecule has 172 valence electrons. The van der Waals surface area contributed by atoms with Gasteiger partial charge >= 0.3 is 5.69 Å². The van der Waals surface area contributed by atoms with Crippen molar-refractivity contribution in [3.05, 3.63) is 103 Å². The topological polar surface area (TPSA) is 64.3 Å². The molecule has 0 spiro atoms. The number of rotatable bonds is 4. The Kier molecular flexibility index (Phi) is 5.75. The molecule has 1 aliphatic heterocycles. The third-order valence-corrected chi connectivity index (χ3v) is 7.67. The van der Waals surface area contributed by atoms with Crippen molar-refractivity contribution in [2.75, 3.05) is 6.54 Å². The fourth-order valence-corrected chi connectivity index (χ4v) is 5.93. The second kappa shape index (κ2) is 8.74. The Labute approximate surface area is 204 Å². The molecule has 8 heteroatoms. The number of benzene rings is 2. The van der Waals surface area contributed by atoms with Crippen LogP contribution in [0.5, 0.6) is 0 Å². The molecule has 3 heterocycles. The number of fused-ring (bicyclic) bond motifs is 3. The van der Waals surface area contributed by atoms with E-state index < -0.39 is 5.69 Å². The molecule has 6 nitrogen and oxygen atoms in total. The summed E-state index contributed by atoms with van der Waals surface area (Å²) in [7, 11) is 0. The van der Waals surface area contributed by atoms with Crippen molar-refractivity contribution in [2.45, 2.75) is 26.4 Å². The minimum absolute atomic E-state index is 0.000793. The highest BCUT2D eigenvalue weighted by atomic mass is 35.5. The number of carbonyl (C=O) groups is 1. The number of carbonyl (C=O) groups excluding carboxylic acids is 1. The summed E-state index contributed by atoms with van der Waals surface area (Å²) in [5.41, 5.74) is 2.50. The van der Waals surface area contributed by atoms with E-state index in [0.29, 0.717) is 47.0 Å². The predicted molar refractivity (Wildman–Crippen MR) is 137 cm³/mol. The summed E-state index contributed by atoms with van der Waals surface area (Å²) in [6, 6.07) is 14.6. The van der Waals surface area contributed by atoms with Crippen molar-refractivity contribution in [3.8, 4) is 5.69 Å². The first-order valence-corrected chi connectivity index (χ1v) is 12.1. The monoisotopic (exact) mass is 491 g/mol. The van der Waals surface area contributed by atoms with Crippen molar-refractivity contribution in [3.63, 3.8) is 0 Å². The summed E-state index contributed by atoms with van der Waals surface area (Å²) in [5, 5.41) is 0.991. The van der Waals surface area contributed by atoms with Gasteiger partial charge in [-0.2, -0.15) is 0 Å². The first-order chi connectivity index (χ1) is 16.4. The molecule has 2 aromatic carbocycles. The van der Waals surface area contributed by atoms with Crippen LogP contribution in [0.1, 0.15) is 28.5 Å². The minimum Gasteiger partial charge on any atom is -0.337 e. The molecule has 0 N–H and O–H groups in total. The van der Waals surface area contributed by atoms with Gasteiger partial charge in [0.2, 0.25) is 5.91 Å². The van der Waals surface area contributed by atoms with Crippen molar-refractivity contribution in [2.24, 2.45) is 0 Å². The first-order valence-electron chi connectivity index (χ1n) is 10.9. The highest BCUT2D eigenvalue weighted by molar-refractivity contribution is 7.18. The molecular formula is C26H22ClN3O3S. The van der Waals surface area contributed by atoms with Gasteiger partial charge in [0.1, 0.15) is 4.83 Å². The zero-order valence-corrected chi connectivity index (χ0v) is 20.2. The van der Waals surface area contributed by atoms with E-state index >= 15 is 0 Å². The third-order valence-electron chi connectivity index (χ3n) is 6.19. The van der Waals surface area contributed by atoms with Crippen LogP contribution < -0.4 is 11.2 Å². The Morgan fingerprint density at radius 1 is 1.18 bits per heavy atom. The lowest BCUT2D eigenvalue weighted by Gasteiger charge is -2.25. The number of hydrogen-bond donors (Lipinski definition) is 0. The van der Waals surface area contributed by atoms with Crippen LogP contribution in [-0.2, 0) is 24.3 Å². The normalized spacial score (nSPS) is 13.2. The van der Waals surface area contributed by atoms with Gasteiger partial charge in [0.25, 0.3) is 5.56 Å². The van der Waals surface area contributed by atoms with Gasteiger partial charge in [0.05, 0.1) is 24.2 Å². The number of amides is 1. The van der Waals surface area contributed by atoms with Gasteiger partial charge in [-0.25, -0.2) is 9.36 Å². The van der Waals surface area contributed by atoms with Crippen molar-refractivity contribution < 1.29 is 4.79 Å². The lowest BCUT2D eigenvalue weighted by atomic mass is 10.1. The van der Waals surface area contributed by atoms with Gasteiger partial charge in [-0.1, -0.05) is 54.6 Å². The molecule has 0 atom stereocenters. The molecule has 0 fully saturated rings. The van der Waals surface area contributed by atoms with Gasteiger partial charge in [-0.15, -0.1) is 11.3 Å². The van der Waals surface area contributed by atoms with Crippen molar-refractivity contribution in [1.82, 2.24) is 14.0 Å². The quantitative estimate of drug-likeness (QED) is 0.423. The number of halogens is 1. The average Bonchev–Trinajstić information content (AvgIpc) is 3.21. The van der Waals surface area contributed by atoms with E-state index in [1.54, 1.807) is 46.7 Å². The number of hydrogen-bond acceptors (Lipinski definition) is 4. The SMILES string of the molecule is C=Cc1ccc(Cn2c(=O)n(-c3cccc(Cl)c3)c(=O)c3c4c(sc32)CN(C(C)=O)CC4)cc1. The summed E-state index contributed by atoms with van der Waals surface area (Å²) in [4.78, 5) is 42.8. The van der Waals surface area contributed by atoms with Crippen molar-refractivity contribution in [1.29, 1.82) is 0 Å². The second-order valence-corrected chi connectivity index (χ2v) is 9.83. The highest BCUT2D eigenvalue weighted by Crippen LogP contribution is 2.33. The van der Waals surface area contributed by atoms with Crippen LogP contribution in [0.2, 0.25) is 5.02 Å². The lowest BCUT2D eigenvalue weighted by molar-refractivity contribution is -0.129. The van der Waals surface area contributed by atoms with E-state index in [9.17, 15) is 14.4 Å². The second-order valence-electron chi connectivity index (χ2n) is 8.31. The molecule has 0 saturated carbocycles. The van der Waals surface area contributed by atoms with E-state index in [1.165, 1.54) is 15.9 Å². The van der Waals surface area contributed by atoms with Crippen LogP contribution in [0, 0.1) is 0 Å². The maximum absolute atomic E-state index is 13.7. The Balaban J connectivity index is 1.77. The summed E-state index contributed by atoms with van der Waals surface area (Å²) in [6.45, 7) is 6.64. The van der Waals surface area contributed by atoms with E-state index in [1.807, 2.05) is 24.3 Å². The molecule has 1 amide bonds. The maximum Gasteiger partial charge on any atom is 0.337 e. The first kappa shape index (κ1) is 22.4. The minimum atomic E-state index is -0.422. The Hall–Kier alpha value is -3.42. The molecule has 0 radical (unpaired) electrons. The van der Waals surface area contributed by atoms with Gasteiger partial charge < -0.3 is 4.90 Å². The molecular weight excluding hydrogens is 470 g/mol. The molecule has 0 aliphatic carbocycles. The summed E-state index contributed by atoms with van der Waals surface area (Å²) in [6.07, 6.45) is 2.34. The van der Waals surface area contributed by atoms with E-state index in [-0.39, 0.29) is 11.5 Å². The van der Waals surface area contributed by atoms with Crippen LogP contribution in [0.25, 0.3) is 22.0 Å². The molecule has 0 bridgehead atoms. The zero-order valence-electron chi connectivity index (χ0n) is 18.6. The van der Waals surface area contributed by atoms with Crippen molar-refractivity contribution >= 4 is 45.1 Å². The standard InChI is InChI=1S/C26H22ClN3O3S/c1-3-17-7-9-18(10-8-17)14-29-25-23(21-11-12-28(16(2)31)15-22(21)34-25)24(32)30(26(29)33)20-6-4-5-19(27)13-20/h3-10,13H,1,11-12,14-15H2,2H3. The number of aromatic nitrogens is 2.